The molecular weight excluding hydrogens is 182 g/mol. The predicted octanol–water partition coefficient (Wildman–Crippen LogP) is 0.567. The van der Waals surface area contributed by atoms with E-state index in [4.69, 9.17) is 4.74 Å². The topological polar surface area (TPSA) is 57.0 Å². The van der Waals surface area contributed by atoms with Crippen molar-refractivity contribution in [3.05, 3.63) is 11.9 Å². The minimum atomic E-state index is 0.0185. The zero-order valence-electron chi connectivity index (χ0n) is 8.14. The van der Waals surface area contributed by atoms with Gasteiger partial charge in [-0.15, -0.1) is 5.10 Å². The number of aryl methyl sites for hydroxylation is 1. The average molecular weight is 195 g/mol. The molecule has 5 heteroatoms. The Bertz CT molecular complexity index is 329. The molecule has 1 aliphatic rings. The van der Waals surface area contributed by atoms with Crippen molar-refractivity contribution in [2.24, 2.45) is 7.05 Å². The van der Waals surface area contributed by atoms with Crippen LogP contribution in [0.2, 0.25) is 0 Å². The van der Waals surface area contributed by atoms with Gasteiger partial charge in [0.25, 0.3) is 0 Å². The highest BCUT2D eigenvalue weighted by Gasteiger charge is 2.21. The van der Waals surface area contributed by atoms with Gasteiger partial charge in [0.2, 0.25) is 0 Å². The summed E-state index contributed by atoms with van der Waals surface area (Å²) < 4.78 is 6.91. The van der Waals surface area contributed by atoms with E-state index in [1.807, 2.05) is 0 Å². The Hall–Kier alpha value is -1.23. The maximum atomic E-state index is 11.6. The van der Waals surface area contributed by atoms with Gasteiger partial charge >= 0.3 is 0 Å². The summed E-state index contributed by atoms with van der Waals surface area (Å²) in [6.45, 7) is 0.776. The monoisotopic (exact) mass is 195 g/mol. The first-order valence-corrected chi connectivity index (χ1v) is 4.77. The first kappa shape index (κ1) is 9.33. The Balaban J connectivity index is 1.95. The number of carbonyl (C=O) groups is 1. The van der Waals surface area contributed by atoms with Crippen molar-refractivity contribution < 1.29 is 9.53 Å². The SMILES string of the molecule is Cn1cc(C(=O)CC2CCCO2)nn1. The van der Waals surface area contributed by atoms with Crippen molar-refractivity contribution in [3.63, 3.8) is 0 Å². The lowest BCUT2D eigenvalue weighted by atomic mass is 10.1. The lowest BCUT2D eigenvalue weighted by molar-refractivity contribution is 0.0771. The van der Waals surface area contributed by atoms with Crippen LogP contribution in [0.25, 0.3) is 0 Å². The lowest BCUT2D eigenvalue weighted by Crippen LogP contribution is -2.12. The van der Waals surface area contributed by atoms with E-state index in [1.54, 1.807) is 13.2 Å². The highest BCUT2D eigenvalue weighted by atomic mass is 16.5. The van der Waals surface area contributed by atoms with Crippen molar-refractivity contribution >= 4 is 5.78 Å². The molecule has 1 saturated heterocycles. The second-order valence-corrected chi connectivity index (χ2v) is 3.54. The number of hydrogen-bond donors (Lipinski definition) is 0. The largest absolute Gasteiger partial charge is 0.378 e. The first-order valence-electron chi connectivity index (χ1n) is 4.77. The van der Waals surface area contributed by atoms with Gasteiger partial charge in [-0.2, -0.15) is 0 Å². The minimum Gasteiger partial charge on any atom is -0.378 e. The molecule has 14 heavy (non-hydrogen) atoms. The summed E-state index contributed by atoms with van der Waals surface area (Å²) in [5, 5.41) is 7.48. The van der Waals surface area contributed by atoms with E-state index in [0.717, 1.165) is 19.4 Å². The maximum absolute atomic E-state index is 11.6. The third kappa shape index (κ3) is 1.98. The summed E-state index contributed by atoms with van der Waals surface area (Å²) in [6.07, 6.45) is 4.19. The highest BCUT2D eigenvalue weighted by Crippen LogP contribution is 2.16. The van der Waals surface area contributed by atoms with E-state index in [9.17, 15) is 4.79 Å². The molecular formula is C9H13N3O2. The summed E-state index contributed by atoms with van der Waals surface area (Å²) >= 11 is 0. The van der Waals surface area contributed by atoms with Gasteiger partial charge in [-0.25, -0.2) is 0 Å². The fourth-order valence-electron chi connectivity index (χ4n) is 1.59. The van der Waals surface area contributed by atoms with Gasteiger partial charge in [0.1, 0.15) is 5.69 Å². The van der Waals surface area contributed by atoms with Crippen LogP contribution in [0.3, 0.4) is 0 Å². The normalized spacial score (nSPS) is 21.4. The van der Waals surface area contributed by atoms with Crippen LogP contribution in [0.15, 0.2) is 6.20 Å². The lowest BCUT2D eigenvalue weighted by Gasteiger charge is -2.05. The number of aromatic nitrogens is 3. The van der Waals surface area contributed by atoms with Gasteiger partial charge in [-0.05, 0) is 12.8 Å². The van der Waals surface area contributed by atoms with Crippen LogP contribution in [0.1, 0.15) is 29.8 Å². The van der Waals surface area contributed by atoms with Crippen molar-refractivity contribution in [2.45, 2.75) is 25.4 Å². The molecule has 5 nitrogen and oxygen atoms in total. The van der Waals surface area contributed by atoms with Gasteiger partial charge in [0, 0.05) is 20.1 Å². The predicted molar refractivity (Wildman–Crippen MR) is 48.9 cm³/mol. The molecule has 0 bridgehead atoms. The molecule has 1 aliphatic heterocycles. The molecule has 1 fully saturated rings. The molecule has 1 aromatic rings. The van der Waals surface area contributed by atoms with Crippen LogP contribution in [0, 0.1) is 0 Å². The van der Waals surface area contributed by atoms with Gasteiger partial charge < -0.3 is 4.74 Å². The summed E-state index contributed by atoms with van der Waals surface area (Å²) in [6, 6.07) is 0. The van der Waals surface area contributed by atoms with Crippen molar-refractivity contribution in [2.75, 3.05) is 6.61 Å². The second kappa shape index (κ2) is 3.88. The molecule has 0 radical (unpaired) electrons. The summed E-state index contributed by atoms with van der Waals surface area (Å²) in [7, 11) is 1.75. The van der Waals surface area contributed by atoms with E-state index >= 15 is 0 Å². The molecule has 76 valence electrons. The minimum absolute atomic E-state index is 0.0185. The molecule has 1 aromatic heterocycles. The third-order valence-electron chi connectivity index (χ3n) is 2.33. The molecule has 1 atom stereocenters. The Labute approximate surface area is 82.1 Å². The number of nitrogens with zero attached hydrogens (tertiary/aromatic N) is 3. The molecule has 0 saturated carbocycles. The summed E-state index contributed by atoms with van der Waals surface area (Å²) in [4.78, 5) is 11.6. The molecule has 0 aliphatic carbocycles. The van der Waals surface area contributed by atoms with E-state index in [-0.39, 0.29) is 11.9 Å². The molecule has 0 N–H and O–H groups in total. The van der Waals surface area contributed by atoms with Gasteiger partial charge in [-0.3, -0.25) is 9.48 Å². The number of ether oxygens (including phenoxy) is 1. The quantitative estimate of drug-likeness (QED) is 0.661. The zero-order valence-corrected chi connectivity index (χ0v) is 8.14. The van der Waals surface area contributed by atoms with Crippen LogP contribution >= 0.6 is 0 Å². The van der Waals surface area contributed by atoms with Crippen molar-refractivity contribution in [1.82, 2.24) is 15.0 Å². The Morgan fingerprint density at radius 1 is 1.79 bits per heavy atom. The van der Waals surface area contributed by atoms with Gasteiger partial charge in [-0.1, -0.05) is 5.21 Å². The second-order valence-electron chi connectivity index (χ2n) is 3.54. The standard InChI is InChI=1S/C9H13N3O2/c1-12-6-8(10-11-12)9(13)5-7-3-2-4-14-7/h6-7H,2-5H2,1H3. The highest BCUT2D eigenvalue weighted by molar-refractivity contribution is 5.94. The smallest absolute Gasteiger partial charge is 0.187 e. The van der Waals surface area contributed by atoms with Crippen molar-refractivity contribution in [1.29, 1.82) is 0 Å². The fourth-order valence-corrected chi connectivity index (χ4v) is 1.59. The zero-order chi connectivity index (χ0) is 9.97. The Kier molecular flexibility index (Phi) is 2.58. The van der Waals surface area contributed by atoms with Crippen LogP contribution in [0.4, 0.5) is 0 Å². The average Bonchev–Trinajstić information content (AvgIpc) is 2.75. The molecule has 1 unspecified atom stereocenters. The summed E-state index contributed by atoms with van der Waals surface area (Å²) in [5.41, 5.74) is 0.433. The maximum Gasteiger partial charge on any atom is 0.187 e. The van der Waals surface area contributed by atoms with Gasteiger partial charge in [0.05, 0.1) is 12.3 Å². The van der Waals surface area contributed by atoms with Crippen LogP contribution in [0.5, 0.6) is 0 Å². The van der Waals surface area contributed by atoms with Gasteiger partial charge in [0.15, 0.2) is 5.78 Å². The number of ketones is 1. The Morgan fingerprint density at radius 3 is 3.21 bits per heavy atom. The molecule has 0 amide bonds. The number of carbonyl (C=O) groups excluding carboxylic acids is 1. The fraction of sp³-hybridized carbons (Fsp3) is 0.667. The molecule has 2 rings (SSSR count). The molecule has 0 spiro atoms. The third-order valence-corrected chi connectivity index (χ3v) is 2.33. The van der Waals surface area contributed by atoms with E-state index in [1.165, 1.54) is 4.68 Å². The number of Topliss-reactive ketones (excluding diaryl/α,β-unsaturated/α-hetero) is 1. The van der Waals surface area contributed by atoms with Crippen LogP contribution in [-0.2, 0) is 11.8 Å². The van der Waals surface area contributed by atoms with E-state index in [2.05, 4.69) is 10.3 Å². The van der Waals surface area contributed by atoms with E-state index < -0.39 is 0 Å². The molecule has 0 aromatic carbocycles. The summed E-state index contributed by atoms with van der Waals surface area (Å²) in [5.74, 6) is 0.0185. The van der Waals surface area contributed by atoms with Crippen LogP contribution < -0.4 is 0 Å². The van der Waals surface area contributed by atoms with Crippen LogP contribution in [-0.4, -0.2) is 33.5 Å². The van der Waals surface area contributed by atoms with E-state index in [0.29, 0.717) is 12.1 Å². The van der Waals surface area contributed by atoms with Crippen molar-refractivity contribution in [3.8, 4) is 0 Å². The first-order chi connectivity index (χ1) is 6.75. The number of rotatable bonds is 3. The number of hydrogen-bond acceptors (Lipinski definition) is 4. The molecule has 2 heterocycles. The Morgan fingerprint density at radius 2 is 2.64 bits per heavy atom.